The van der Waals surface area contributed by atoms with Crippen molar-refractivity contribution >= 4 is 33.9 Å². The van der Waals surface area contributed by atoms with Crippen LogP contribution >= 0.6 is 11.6 Å². The molecule has 1 aliphatic carbocycles. The lowest BCUT2D eigenvalue weighted by Crippen LogP contribution is -2.40. The second-order valence-corrected chi connectivity index (χ2v) is 8.37. The van der Waals surface area contributed by atoms with Gasteiger partial charge in [-0.05, 0) is 49.9 Å². The third-order valence-electron chi connectivity index (χ3n) is 5.78. The number of nitrogens with one attached hydrogen (secondary N) is 1. The summed E-state index contributed by atoms with van der Waals surface area (Å²) < 4.78 is 7.35. The number of aromatic nitrogens is 4. The SMILES string of the molecule is O=C(NN1CCCC1)c1cc2c(-c3noc(C4CC4)n3)ncn2c2ccc(Cl)cc12. The van der Waals surface area contributed by atoms with Gasteiger partial charge in [0.15, 0.2) is 0 Å². The highest BCUT2D eigenvalue weighted by Gasteiger charge is 2.30. The predicted octanol–water partition coefficient (Wildman–Crippen LogP) is 3.81. The van der Waals surface area contributed by atoms with Crippen LogP contribution in [0.4, 0.5) is 0 Å². The molecule has 1 saturated carbocycles. The van der Waals surface area contributed by atoms with Crippen molar-refractivity contribution in [1.29, 1.82) is 0 Å². The first-order valence-electron chi connectivity index (χ1n) is 10.2. The van der Waals surface area contributed by atoms with E-state index in [4.69, 9.17) is 16.1 Å². The van der Waals surface area contributed by atoms with Crippen molar-refractivity contribution < 1.29 is 9.32 Å². The number of hydrazine groups is 1. The maximum atomic E-state index is 13.2. The molecule has 152 valence electrons. The summed E-state index contributed by atoms with van der Waals surface area (Å²) in [5.74, 6) is 1.31. The van der Waals surface area contributed by atoms with Gasteiger partial charge in [-0.15, -0.1) is 0 Å². The van der Waals surface area contributed by atoms with Crippen molar-refractivity contribution in [2.45, 2.75) is 31.6 Å². The van der Waals surface area contributed by atoms with Gasteiger partial charge in [-0.25, -0.2) is 9.99 Å². The lowest BCUT2D eigenvalue weighted by Gasteiger charge is -2.17. The maximum Gasteiger partial charge on any atom is 0.266 e. The monoisotopic (exact) mass is 422 g/mol. The van der Waals surface area contributed by atoms with Gasteiger partial charge in [0.05, 0.1) is 16.6 Å². The van der Waals surface area contributed by atoms with E-state index in [0.29, 0.717) is 33.9 Å². The van der Waals surface area contributed by atoms with Crippen LogP contribution in [0.15, 0.2) is 35.1 Å². The molecule has 1 amide bonds. The number of pyridine rings is 1. The van der Waals surface area contributed by atoms with Crippen molar-refractivity contribution in [2.75, 3.05) is 13.1 Å². The van der Waals surface area contributed by atoms with Crippen molar-refractivity contribution in [3.63, 3.8) is 0 Å². The Balaban J connectivity index is 1.51. The first-order chi connectivity index (χ1) is 14.7. The molecule has 2 fully saturated rings. The molecular weight excluding hydrogens is 404 g/mol. The topological polar surface area (TPSA) is 88.6 Å². The molecule has 3 aromatic heterocycles. The van der Waals surface area contributed by atoms with Gasteiger partial charge in [-0.1, -0.05) is 16.8 Å². The standard InChI is InChI=1S/C21H19ClN6O2/c22-13-5-6-16-14(9-13)15(20(29)25-27-7-1-2-8-27)10-17-18(23-11-28(16)17)19-24-21(30-26-19)12-3-4-12/h5-6,9-12H,1-4,7-8H2,(H,25,29). The van der Waals surface area contributed by atoms with Gasteiger partial charge in [0, 0.05) is 29.4 Å². The number of benzene rings is 1. The number of hydrogen-bond donors (Lipinski definition) is 1. The van der Waals surface area contributed by atoms with Crippen LogP contribution in [0.5, 0.6) is 0 Å². The number of hydrogen-bond acceptors (Lipinski definition) is 6. The Morgan fingerprint density at radius 2 is 2.00 bits per heavy atom. The Hall–Kier alpha value is -2.97. The first-order valence-corrected chi connectivity index (χ1v) is 10.5. The van der Waals surface area contributed by atoms with Gasteiger partial charge in [0.2, 0.25) is 11.7 Å². The number of amides is 1. The quantitative estimate of drug-likeness (QED) is 0.538. The Morgan fingerprint density at radius 3 is 2.80 bits per heavy atom. The fraction of sp³-hybridized carbons (Fsp3) is 0.333. The van der Waals surface area contributed by atoms with Crippen molar-refractivity contribution in [3.8, 4) is 11.5 Å². The number of carbonyl (C=O) groups is 1. The third kappa shape index (κ3) is 2.95. The van der Waals surface area contributed by atoms with E-state index in [2.05, 4.69) is 20.6 Å². The lowest BCUT2D eigenvalue weighted by molar-refractivity contribution is 0.0827. The normalized spacial score (nSPS) is 17.2. The molecule has 0 radical (unpaired) electrons. The molecular formula is C21H19ClN6O2. The maximum absolute atomic E-state index is 13.2. The molecule has 6 rings (SSSR count). The molecule has 4 aromatic rings. The van der Waals surface area contributed by atoms with Crippen LogP contribution in [0.1, 0.15) is 47.8 Å². The van der Waals surface area contributed by atoms with Crippen LogP contribution in [0.2, 0.25) is 5.02 Å². The van der Waals surface area contributed by atoms with Gasteiger partial charge in [-0.3, -0.25) is 14.6 Å². The van der Waals surface area contributed by atoms with E-state index in [1.54, 1.807) is 6.33 Å². The lowest BCUT2D eigenvalue weighted by atomic mass is 10.1. The number of rotatable bonds is 4. The van der Waals surface area contributed by atoms with E-state index >= 15 is 0 Å². The van der Waals surface area contributed by atoms with Crippen molar-refractivity contribution in [3.05, 3.63) is 47.1 Å². The highest BCUT2D eigenvalue weighted by molar-refractivity contribution is 6.31. The minimum atomic E-state index is -0.161. The molecule has 9 heteroatoms. The Morgan fingerprint density at radius 1 is 1.17 bits per heavy atom. The molecule has 1 N–H and O–H groups in total. The van der Waals surface area contributed by atoms with Gasteiger partial charge in [0.25, 0.3) is 5.91 Å². The zero-order valence-corrected chi connectivity index (χ0v) is 16.9. The summed E-state index contributed by atoms with van der Waals surface area (Å²) in [4.78, 5) is 22.2. The molecule has 0 spiro atoms. The van der Waals surface area contributed by atoms with E-state index in [1.165, 1.54) is 0 Å². The van der Waals surface area contributed by atoms with Crippen LogP contribution in [0.3, 0.4) is 0 Å². The number of nitrogens with zero attached hydrogens (tertiary/aromatic N) is 5. The van der Waals surface area contributed by atoms with Gasteiger partial charge < -0.3 is 4.52 Å². The smallest absolute Gasteiger partial charge is 0.266 e. The van der Waals surface area contributed by atoms with Gasteiger partial charge in [-0.2, -0.15) is 4.98 Å². The summed E-state index contributed by atoms with van der Waals surface area (Å²) in [6.45, 7) is 1.72. The Bertz CT molecular complexity index is 1290. The fourth-order valence-corrected chi connectivity index (χ4v) is 4.23. The minimum absolute atomic E-state index is 0.161. The van der Waals surface area contributed by atoms with E-state index in [9.17, 15) is 4.79 Å². The zero-order valence-electron chi connectivity index (χ0n) is 16.1. The number of carbonyl (C=O) groups excluding carboxylic acids is 1. The van der Waals surface area contributed by atoms with Crippen molar-refractivity contribution in [2.24, 2.45) is 0 Å². The average molecular weight is 423 g/mol. The molecule has 8 nitrogen and oxygen atoms in total. The van der Waals surface area contributed by atoms with Crippen LogP contribution in [0, 0.1) is 0 Å². The summed E-state index contributed by atoms with van der Waals surface area (Å²) in [5.41, 5.74) is 5.75. The molecule has 1 aliphatic heterocycles. The van der Waals surface area contributed by atoms with E-state index < -0.39 is 0 Å². The van der Waals surface area contributed by atoms with Gasteiger partial charge >= 0.3 is 0 Å². The molecule has 1 saturated heterocycles. The Labute approximate surface area is 176 Å². The number of fused-ring (bicyclic) bond motifs is 3. The summed E-state index contributed by atoms with van der Waals surface area (Å²) in [6, 6.07) is 7.35. The largest absolute Gasteiger partial charge is 0.339 e. The summed E-state index contributed by atoms with van der Waals surface area (Å²) >= 11 is 6.26. The third-order valence-corrected chi connectivity index (χ3v) is 6.02. The second kappa shape index (κ2) is 6.78. The predicted molar refractivity (Wildman–Crippen MR) is 111 cm³/mol. The molecule has 0 unspecified atom stereocenters. The van der Waals surface area contributed by atoms with E-state index in [1.807, 2.05) is 33.7 Å². The molecule has 1 aromatic carbocycles. The fourth-order valence-electron chi connectivity index (χ4n) is 4.06. The molecule has 30 heavy (non-hydrogen) atoms. The molecule has 0 atom stereocenters. The second-order valence-electron chi connectivity index (χ2n) is 7.93. The van der Waals surface area contributed by atoms with Crippen LogP contribution in [-0.4, -0.2) is 43.5 Å². The average Bonchev–Trinajstić information content (AvgIpc) is 3.13. The zero-order chi connectivity index (χ0) is 20.2. The van der Waals surface area contributed by atoms with Crippen LogP contribution < -0.4 is 5.43 Å². The molecule has 4 heterocycles. The number of halogens is 1. The van der Waals surface area contributed by atoms with E-state index in [-0.39, 0.29) is 5.91 Å². The highest BCUT2D eigenvalue weighted by Crippen LogP contribution is 2.40. The minimum Gasteiger partial charge on any atom is -0.339 e. The first kappa shape index (κ1) is 17.9. The molecule has 2 aliphatic rings. The van der Waals surface area contributed by atoms with Crippen molar-refractivity contribution in [1.82, 2.24) is 30.0 Å². The summed E-state index contributed by atoms with van der Waals surface area (Å²) in [5, 5.41) is 7.43. The van der Waals surface area contributed by atoms with Crippen LogP contribution in [-0.2, 0) is 0 Å². The Kier molecular flexibility index (Phi) is 4.04. The highest BCUT2D eigenvalue weighted by atomic mass is 35.5. The molecule has 0 bridgehead atoms. The van der Waals surface area contributed by atoms with E-state index in [0.717, 1.165) is 55.2 Å². The summed E-state index contributed by atoms with van der Waals surface area (Å²) in [6.07, 6.45) is 6.05. The summed E-state index contributed by atoms with van der Waals surface area (Å²) in [7, 11) is 0. The van der Waals surface area contributed by atoms with Gasteiger partial charge in [0.1, 0.15) is 12.0 Å². The number of imidazole rings is 1. The van der Waals surface area contributed by atoms with Crippen LogP contribution in [0.25, 0.3) is 27.9 Å².